The van der Waals surface area contributed by atoms with Gasteiger partial charge >= 0.3 is 0 Å². The monoisotopic (exact) mass is 247 g/mol. The third-order valence-electron chi connectivity index (χ3n) is 2.44. The van der Waals surface area contributed by atoms with Crippen LogP contribution in [-0.2, 0) is 6.42 Å². The quantitative estimate of drug-likeness (QED) is 0.905. The largest absolute Gasteiger partial charge is 0.439 e. The second-order valence-corrected chi connectivity index (χ2v) is 3.91. The molecule has 0 saturated carbocycles. The zero-order valence-electron chi connectivity index (χ0n) is 10.3. The van der Waals surface area contributed by atoms with Crippen LogP contribution < -0.4 is 10.5 Å². The molecule has 0 unspecified atom stereocenters. The average Bonchev–Trinajstić information content (AvgIpc) is 2.32. The van der Waals surface area contributed by atoms with E-state index in [1.165, 1.54) is 12.1 Å². The van der Waals surface area contributed by atoms with E-state index in [1.807, 2.05) is 6.92 Å². The Morgan fingerprint density at radius 1 is 1.28 bits per heavy atom. The number of nitrogens with two attached hydrogens (primary N) is 1. The van der Waals surface area contributed by atoms with Gasteiger partial charge in [-0.15, -0.1) is 0 Å². The highest BCUT2D eigenvalue weighted by Gasteiger charge is 2.06. The first-order valence-corrected chi connectivity index (χ1v) is 5.66. The van der Waals surface area contributed by atoms with Crippen molar-refractivity contribution in [3.05, 3.63) is 41.5 Å². The first-order valence-electron chi connectivity index (χ1n) is 5.66. The average molecular weight is 247 g/mol. The van der Waals surface area contributed by atoms with Gasteiger partial charge in [-0.25, -0.2) is 9.37 Å². The first kappa shape index (κ1) is 12.3. The SMILES string of the molecule is CCc1nc(N)cc(Oc2ccc(F)cc2C)n1. The Balaban J connectivity index is 2.30. The number of rotatable bonds is 3. The zero-order chi connectivity index (χ0) is 13.1. The summed E-state index contributed by atoms with van der Waals surface area (Å²) in [5.41, 5.74) is 6.36. The van der Waals surface area contributed by atoms with Crippen molar-refractivity contribution in [2.75, 3.05) is 5.73 Å². The van der Waals surface area contributed by atoms with Crippen LogP contribution in [0.4, 0.5) is 10.2 Å². The van der Waals surface area contributed by atoms with E-state index in [0.717, 1.165) is 0 Å². The lowest BCUT2D eigenvalue weighted by Crippen LogP contribution is -2.01. The Labute approximate surface area is 105 Å². The van der Waals surface area contributed by atoms with Gasteiger partial charge in [0.25, 0.3) is 0 Å². The molecule has 5 heteroatoms. The van der Waals surface area contributed by atoms with Gasteiger partial charge in [0.1, 0.15) is 23.2 Å². The van der Waals surface area contributed by atoms with Crippen LogP contribution in [0, 0.1) is 12.7 Å². The fourth-order valence-electron chi connectivity index (χ4n) is 1.54. The first-order chi connectivity index (χ1) is 8.58. The lowest BCUT2D eigenvalue weighted by atomic mass is 10.2. The van der Waals surface area contributed by atoms with Crippen molar-refractivity contribution in [2.45, 2.75) is 20.3 Å². The molecule has 0 atom stereocenters. The minimum atomic E-state index is -0.295. The Morgan fingerprint density at radius 2 is 2.06 bits per heavy atom. The maximum absolute atomic E-state index is 13.0. The van der Waals surface area contributed by atoms with Crippen LogP contribution in [-0.4, -0.2) is 9.97 Å². The summed E-state index contributed by atoms with van der Waals surface area (Å²) in [6.45, 7) is 3.70. The van der Waals surface area contributed by atoms with Gasteiger partial charge in [-0.05, 0) is 30.7 Å². The molecular formula is C13H14FN3O. The molecule has 2 aromatic rings. The van der Waals surface area contributed by atoms with Gasteiger partial charge in [-0.1, -0.05) is 6.92 Å². The van der Waals surface area contributed by atoms with Gasteiger partial charge in [-0.3, -0.25) is 0 Å². The van der Waals surface area contributed by atoms with Crippen LogP contribution in [0.3, 0.4) is 0 Å². The lowest BCUT2D eigenvalue weighted by Gasteiger charge is -2.09. The second kappa shape index (κ2) is 5.00. The van der Waals surface area contributed by atoms with Gasteiger partial charge in [0, 0.05) is 12.5 Å². The van der Waals surface area contributed by atoms with E-state index in [2.05, 4.69) is 9.97 Å². The molecule has 0 amide bonds. The van der Waals surface area contributed by atoms with E-state index in [4.69, 9.17) is 10.5 Å². The number of aromatic nitrogens is 2. The molecular weight excluding hydrogens is 233 g/mol. The number of nitrogen functional groups attached to an aromatic ring is 1. The Morgan fingerprint density at radius 3 is 2.72 bits per heavy atom. The van der Waals surface area contributed by atoms with E-state index < -0.39 is 0 Å². The lowest BCUT2D eigenvalue weighted by molar-refractivity contribution is 0.454. The normalized spacial score (nSPS) is 10.4. The standard InChI is InChI=1S/C13H14FN3O/c1-3-12-16-11(15)7-13(17-12)18-10-5-4-9(14)6-8(10)2/h4-7H,3H2,1-2H3,(H2,15,16,17). The molecule has 2 rings (SSSR count). The number of hydrogen-bond donors (Lipinski definition) is 1. The van der Waals surface area contributed by atoms with Gasteiger partial charge < -0.3 is 10.5 Å². The summed E-state index contributed by atoms with van der Waals surface area (Å²) in [5.74, 6) is 1.60. The summed E-state index contributed by atoms with van der Waals surface area (Å²) in [6.07, 6.45) is 0.670. The Hall–Kier alpha value is -2.17. The summed E-state index contributed by atoms with van der Waals surface area (Å²) in [4.78, 5) is 8.26. The number of aryl methyl sites for hydroxylation is 2. The molecule has 1 heterocycles. The fraction of sp³-hybridized carbons (Fsp3) is 0.231. The van der Waals surface area contributed by atoms with E-state index in [9.17, 15) is 4.39 Å². The highest BCUT2D eigenvalue weighted by Crippen LogP contribution is 2.25. The third kappa shape index (κ3) is 2.74. The van der Waals surface area contributed by atoms with Crippen LogP contribution in [0.2, 0.25) is 0 Å². The summed E-state index contributed by atoms with van der Waals surface area (Å²) < 4.78 is 18.6. The topological polar surface area (TPSA) is 61.0 Å². The minimum absolute atomic E-state index is 0.295. The minimum Gasteiger partial charge on any atom is -0.439 e. The molecule has 2 N–H and O–H groups in total. The second-order valence-electron chi connectivity index (χ2n) is 3.91. The van der Waals surface area contributed by atoms with E-state index in [-0.39, 0.29) is 5.82 Å². The van der Waals surface area contributed by atoms with E-state index in [0.29, 0.717) is 35.3 Å². The van der Waals surface area contributed by atoms with Crippen molar-refractivity contribution in [3.63, 3.8) is 0 Å². The van der Waals surface area contributed by atoms with E-state index in [1.54, 1.807) is 19.1 Å². The van der Waals surface area contributed by atoms with Gasteiger partial charge in [0.2, 0.25) is 5.88 Å². The maximum Gasteiger partial charge on any atom is 0.224 e. The summed E-state index contributed by atoms with van der Waals surface area (Å²) >= 11 is 0. The number of ether oxygens (including phenoxy) is 1. The number of halogens is 1. The molecule has 0 radical (unpaired) electrons. The number of hydrogen-bond acceptors (Lipinski definition) is 4. The molecule has 0 aliphatic rings. The predicted molar refractivity (Wildman–Crippen MR) is 67.0 cm³/mol. The maximum atomic E-state index is 13.0. The molecule has 1 aromatic heterocycles. The molecule has 94 valence electrons. The number of nitrogens with zero attached hydrogens (tertiary/aromatic N) is 2. The van der Waals surface area contributed by atoms with Crippen LogP contribution in [0.5, 0.6) is 11.6 Å². The van der Waals surface area contributed by atoms with E-state index >= 15 is 0 Å². The molecule has 0 saturated heterocycles. The van der Waals surface area contributed by atoms with Crippen molar-refractivity contribution >= 4 is 5.82 Å². The van der Waals surface area contributed by atoms with Crippen molar-refractivity contribution < 1.29 is 9.13 Å². The molecule has 0 aliphatic heterocycles. The van der Waals surface area contributed by atoms with Crippen molar-refractivity contribution in [1.82, 2.24) is 9.97 Å². The zero-order valence-corrected chi connectivity index (χ0v) is 10.3. The molecule has 18 heavy (non-hydrogen) atoms. The van der Waals surface area contributed by atoms with Gasteiger partial charge in [-0.2, -0.15) is 4.98 Å². The van der Waals surface area contributed by atoms with Crippen LogP contribution in [0.25, 0.3) is 0 Å². The highest BCUT2D eigenvalue weighted by atomic mass is 19.1. The van der Waals surface area contributed by atoms with Crippen molar-refractivity contribution in [2.24, 2.45) is 0 Å². The van der Waals surface area contributed by atoms with Crippen LogP contribution in [0.1, 0.15) is 18.3 Å². The molecule has 4 nitrogen and oxygen atoms in total. The smallest absolute Gasteiger partial charge is 0.224 e. The highest BCUT2D eigenvalue weighted by molar-refractivity contribution is 5.39. The predicted octanol–water partition coefficient (Wildman–Crippen LogP) is 2.86. The summed E-state index contributed by atoms with van der Waals surface area (Å²) in [6, 6.07) is 5.85. The number of benzene rings is 1. The van der Waals surface area contributed by atoms with Gasteiger partial charge in [0.15, 0.2) is 0 Å². The van der Waals surface area contributed by atoms with Crippen molar-refractivity contribution in [1.29, 1.82) is 0 Å². The van der Waals surface area contributed by atoms with Crippen LogP contribution in [0.15, 0.2) is 24.3 Å². The molecule has 0 bridgehead atoms. The molecule has 0 fully saturated rings. The van der Waals surface area contributed by atoms with Gasteiger partial charge in [0.05, 0.1) is 0 Å². The third-order valence-corrected chi connectivity index (χ3v) is 2.44. The Bertz CT molecular complexity index is 572. The van der Waals surface area contributed by atoms with Crippen LogP contribution >= 0.6 is 0 Å². The molecule has 0 aliphatic carbocycles. The Kier molecular flexibility index (Phi) is 3.41. The van der Waals surface area contributed by atoms with Crippen molar-refractivity contribution in [3.8, 4) is 11.6 Å². The molecule has 0 spiro atoms. The molecule has 1 aromatic carbocycles. The number of anilines is 1. The summed E-state index contributed by atoms with van der Waals surface area (Å²) in [7, 11) is 0. The fourth-order valence-corrected chi connectivity index (χ4v) is 1.54. The summed E-state index contributed by atoms with van der Waals surface area (Å²) in [5, 5.41) is 0.